The van der Waals surface area contributed by atoms with Crippen molar-refractivity contribution in [1.29, 1.82) is 0 Å². The van der Waals surface area contributed by atoms with Gasteiger partial charge in [-0.2, -0.15) is 0 Å². The molecule has 0 aliphatic heterocycles. The van der Waals surface area contributed by atoms with Crippen LogP contribution in [0.5, 0.6) is 11.6 Å². The fourth-order valence-corrected chi connectivity index (χ4v) is 2.07. The van der Waals surface area contributed by atoms with Gasteiger partial charge in [-0.15, -0.1) is 0 Å². The Morgan fingerprint density at radius 1 is 1.13 bits per heavy atom. The molecular formula is C18H20FNO3. The zero-order chi connectivity index (χ0) is 16.5. The summed E-state index contributed by atoms with van der Waals surface area (Å²) in [5, 5.41) is 0. The maximum absolute atomic E-state index is 12.8. The Morgan fingerprint density at radius 3 is 2.57 bits per heavy atom. The summed E-state index contributed by atoms with van der Waals surface area (Å²) in [7, 11) is 0. The molecule has 0 radical (unpaired) electrons. The van der Waals surface area contributed by atoms with Crippen molar-refractivity contribution in [2.75, 3.05) is 6.61 Å². The van der Waals surface area contributed by atoms with Crippen LogP contribution in [0.4, 0.5) is 4.39 Å². The van der Waals surface area contributed by atoms with E-state index in [9.17, 15) is 9.18 Å². The number of carbonyl (C=O) groups excluding carboxylic acids is 1. The smallest absolute Gasteiger partial charge is 0.305 e. The summed E-state index contributed by atoms with van der Waals surface area (Å²) in [6.07, 6.45) is 4.75. The second kappa shape index (κ2) is 8.88. The summed E-state index contributed by atoms with van der Waals surface area (Å²) >= 11 is 0. The van der Waals surface area contributed by atoms with Crippen LogP contribution in [0, 0.1) is 5.82 Å². The van der Waals surface area contributed by atoms with Gasteiger partial charge in [-0.25, -0.2) is 9.37 Å². The molecule has 0 bridgehead atoms. The normalized spacial score (nSPS) is 10.3. The van der Waals surface area contributed by atoms with Crippen molar-refractivity contribution in [2.45, 2.75) is 32.6 Å². The van der Waals surface area contributed by atoms with E-state index in [1.165, 1.54) is 12.1 Å². The highest BCUT2D eigenvalue weighted by atomic mass is 19.1. The molecular weight excluding hydrogens is 297 g/mol. The average molecular weight is 317 g/mol. The number of carbonyl (C=O) groups is 1. The van der Waals surface area contributed by atoms with Crippen molar-refractivity contribution >= 4 is 5.97 Å². The molecule has 0 saturated carbocycles. The zero-order valence-corrected chi connectivity index (χ0v) is 13.1. The van der Waals surface area contributed by atoms with E-state index in [1.54, 1.807) is 31.3 Å². The number of hydrogen-bond donors (Lipinski definition) is 0. The molecule has 0 saturated heterocycles. The van der Waals surface area contributed by atoms with E-state index in [2.05, 4.69) is 4.98 Å². The third-order valence-electron chi connectivity index (χ3n) is 3.24. The van der Waals surface area contributed by atoms with Crippen molar-refractivity contribution in [2.24, 2.45) is 0 Å². The minimum absolute atomic E-state index is 0.145. The molecule has 0 atom stereocenters. The summed E-state index contributed by atoms with van der Waals surface area (Å²) in [5.74, 6) is 0.560. The number of benzene rings is 1. The van der Waals surface area contributed by atoms with Crippen molar-refractivity contribution in [3.63, 3.8) is 0 Å². The van der Waals surface area contributed by atoms with Crippen LogP contribution >= 0.6 is 0 Å². The summed E-state index contributed by atoms with van der Waals surface area (Å²) in [4.78, 5) is 15.5. The van der Waals surface area contributed by atoms with E-state index < -0.39 is 0 Å². The Kier molecular flexibility index (Phi) is 6.54. The largest absolute Gasteiger partial charge is 0.466 e. The van der Waals surface area contributed by atoms with Crippen LogP contribution in [0.25, 0.3) is 0 Å². The fraction of sp³-hybridized carbons (Fsp3) is 0.333. The van der Waals surface area contributed by atoms with Crippen molar-refractivity contribution in [3.8, 4) is 11.6 Å². The van der Waals surface area contributed by atoms with Crippen LogP contribution in [0.3, 0.4) is 0 Å². The molecule has 1 aromatic carbocycles. The van der Waals surface area contributed by atoms with Crippen molar-refractivity contribution < 1.29 is 18.7 Å². The van der Waals surface area contributed by atoms with Gasteiger partial charge in [0.05, 0.1) is 6.61 Å². The van der Waals surface area contributed by atoms with Gasteiger partial charge in [0.1, 0.15) is 11.6 Å². The number of ether oxygens (including phenoxy) is 2. The lowest BCUT2D eigenvalue weighted by Crippen LogP contribution is -2.03. The van der Waals surface area contributed by atoms with Crippen LogP contribution < -0.4 is 4.74 Å². The number of aromatic nitrogens is 1. The predicted octanol–water partition coefficient (Wildman–Crippen LogP) is 4.29. The number of unbranched alkanes of at least 4 members (excludes halogenated alkanes) is 1. The minimum atomic E-state index is -0.302. The van der Waals surface area contributed by atoms with Gasteiger partial charge in [0.15, 0.2) is 0 Å². The van der Waals surface area contributed by atoms with Crippen LogP contribution in [-0.4, -0.2) is 17.6 Å². The van der Waals surface area contributed by atoms with Gasteiger partial charge >= 0.3 is 5.97 Å². The van der Waals surface area contributed by atoms with Crippen LogP contribution in [0.15, 0.2) is 42.6 Å². The number of esters is 1. The highest BCUT2D eigenvalue weighted by Crippen LogP contribution is 2.20. The van der Waals surface area contributed by atoms with Crippen LogP contribution in [0.1, 0.15) is 31.7 Å². The summed E-state index contributed by atoms with van der Waals surface area (Å²) in [6.45, 7) is 2.23. The van der Waals surface area contributed by atoms with Gasteiger partial charge in [0, 0.05) is 18.7 Å². The maximum atomic E-state index is 12.8. The fourth-order valence-electron chi connectivity index (χ4n) is 2.07. The lowest BCUT2D eigenvalue weighted by atomic mass is 10.1. The van der Waals surface area contributed by atoms with E-state index in [4.69, 9.17) is 9.47 Å². The van der Waals surface area contributed by atoms with E-state index in [1.807, 2.05) is 6.07 Å². The molecule has 1 aromatic heterocycles. The number of pyridine rings is 1. The predicted molar refractivity (Wildman–Crippen MR) is 84.9 cm³/mol. The van der Waals surface area contributed by atoms with Crippen molar-refractivity contribution in [3.05, 3.63) is 54.0 Å². The Bertz CT molecular complexity index is 611. The van der Waals surface area contributed by atoms with Gasteiger partial charge in [0.25, 0.3) is 0 Å². The quantitative estimate of drug-likeness (QED) is 0.538. The molecule has 2 rings (SSSR count). The Morgan fingerprint density at radius 2 is 1.91 bits per heavy atom. The minimum Gasteiger partial charge on any atom is -0.466 e. The first-order valence-electron chi connectivity index (χ1n) is 7.71. The third-order valence-corrected chi connectivity index (χ3v) is 3.24. The van der Waals surface area contributed by atoms with E-state index in [0.717, 1.165) is 24.8 Å². The van der Waals surface area contributed by atoms with Crippen molar-refractivity contribution in [1.82, 2.24) is 4.98 Å². The van der Waals surface area contributed by atoms with E-state index >= 15 is 0 Å². The lowest BCUT2D eigenvalue weighted by Gasteiger charge is -2.06. The first kappa shape index (κ1) is 16.9. The van der Waals surface area contributed by atoms with Gasteiger partial charge in [-0.1, -0.05) is 6.07 Å². The first-order chi connectivity index (χ1) is 11.2. The molecule has 0 N–H and O–H groups in total. The van der Waals surface area contributed by atoms with Gasteiger partial charge in [-0.3, -0.25) is 4.79 Å². The number of rotatable bonds is 8. The molecule has 122 valence electrons. The number of halogens is 1. The molecule has 0 unspecified atom stereocenters. The SMILES string of the molecule is CCOC(=O)CCCCc1ccc(Oc2ccc(F)cc2)nc1. The molecule has 0 spiro atoms. The van der Waals surface area contributed by atoms with Gasteiger partial charge in [-0.05, 0) is 56.0 Å². The molecule has 0 aliphatic rings. The van der Waals surface area contributed by atoms with Gasteiger partial charge < -0.3 is 9.47 Å². The Hall–Kier alpha value is -2.43. The molecule has 23 heavy (non-hydrogen) atoms. The molecule has 4 nitrogen and oxygen atoms in total. The first-order valence-corrected chi connectivity index (χ1v) is 7.71. The monoisotopic (exact) mass is 317 g/mol. The summed E-state index contributed by atoms with van der Waals surface area (Å²) in [6, 6.07) is 9.52. The standard InChI is InChI=1S/C18H20FNO3/c1-2-22-18(21)6-4-3-5-14-7-12-17(20-13-14)23-16-10-8-15(19)9-11-16/h7-13H,2-6H2,1H3. The highest BCUT2D eigenvalue weighted by Gasteiger charge is 2.03. The number of aryl methyl sites for hydroxylation is 1. The number of nitrogens with zero attached hydrogens (tertiary/aromatic N) is 1. The second-order valence-electron chi connectivity index (χ2n) is 5.07. The molecule has 2 aromatic rings. The van der Waals surface area contributed by atoms with E-state index in [0.29, 0.717) is 24.7 Å². The Balaban J connectivity index is 1.76. The lowest BCUT2D eigenvalue weighted by molar-refractivity contribution is -0.143. The average Bonchev–Trinajstić information content (AvgIpc) is 2.55. The second-order valence-corrected chi connectivity index (χ2v) is 5.07. The zero-order valence-electron chi connectivity index (χ0n) is 13.1. The molecule has 1 heterocycles. The van der Waals surface area contributed by atoms with E-state index in [-0.39, 0.29) is 11.8 Å². The highest BCUT2D eigenvalue weighted by molar-refractivity contribution is 5.69. The number of hydrogen-bond acceptors (Lipinski definition) is 4. The molecule has 0 amide bonds. The summed E-state index contributed by atoms with van der Waals surface area (Å²) in [5.41, 5.74) is 1.08. The van der Waals surface area contributed by atoms with Crippen LogP contribution in [-0.2, 0) is 16.0 Å². The Labute approximate surface area is 135 Å². The molecule has 5 heteroatoms. The summed E-state index contributed by atoms with van der Waals surface area (Å²) < 4.78 is 23.2. The maximum Gasteiger partial charge on any atom is 0.305 e. The topological polar surface area (TPSA) is 48.4 Å². The molecule has 0 aliphatic carbocycles. The van der Waals surface area contributed by atoms with Crippen LogP contribution in [0.2, 0.25) is 0 Å². The third kappa shape index (κ3) is 6.06. The molecule has 0 fully saturated rings. The van der Waals surface area contributed by atoms with Gasteiger partial charge in [0.2, 0.25) is 5.88 Å².